The molecule has 0 saturated carbocycles. The molecule has 0 aliphatic carbocycles. The Morgan fingerprint density at radius 1 is 1.39 bits per heavy atom. The van der Waals surface area contributed by atoms with E-state index in [1.54, 1.807) is 19.4 Å². The van der Waals surface area contributed by atoms with Gasteiger partial charge in [0.25, 0.3) is 0 Å². The molecule has 0 fully saturated rings. The zero-order valence-corrected chi connectivity index (χ0v) is 10.6. The van der Waals surface area contributed by atoms with Crippen LogP contribution in [0.1, 0.15) is 15.9 Å². The minimum Gasteiger partial charge on any atom is -0.497 e. The van der Waals surface area contributed by atoms with Crippen LogP contribution in [-0.4, -0.2) is 17.9 Å². The smallest absolute Gasteiger partial charge is 0.168 e. The number of aromatic nitrogens is 1. The topological polar surface area (TPSA) is 39.2 Å². The number of nitrogens with zero attached hydrogens (tertiary/aromatic N) is 1. The molecule has 92 valence electrons. The number of hydrogen-bond donors (Lipinski definition) is 0. The van der Waals surface area contributed by atoms with Gasteiger partial charge in [-0.1, -0.05) is 23.7 Å². The standard InChI is InChI=1S/C14H12ClNO2/c1-18-11-4-2-3-10(7-11)8-14(17)12-5-6-16-9-13(12)15/h2-7,9H,8H2,1H3. The average Bonchev–Trinajstić information content (AvgIpc) is 2.39. The van der Waals surface area contributed by atoms with Crippen molar-refractivity contribution in [1.82, 2.24) is 4.98 Å². The Morgan fingerprint density at radius 2 is 2.22 bits per heavy atom. The molecule has 0 amide bonds. The van der Waals surface area contributed by atoms with Crippen molar-refractivity contribution in [3.8, 4) is 5.75 Å². The van der Waals surface area contributed by atoms with Gasteiger partial charge in [-0.05, 0) is 23.8 Å². The highest BCUT2D eigenvalue weighted by Crippen LogP contribution is 2.18. The lowest BCUT2D eigenvalue weighted by Crippen LogP contribution is -2.04. The van der Waals surface area contributed by atoms with Crippen molar-refractivity contribution in [2.45, 2.75) is 6.42 Å². The molecule has 0 aliphatic heterocycles. The number of ketones is 1. The first-order valence-electron chi connectivity index (χ1n) is 5.46. The molecule has 2 rings (SSSR count). The number of ether oxygens (including phenoxy) is 1. The minimum atomic E-state index is -0.0318. The van der Waals surface area contributed by atoms with Crippen LogP contribution < -0.4 is 4.74 Å². The summed E-state index contributed by atoms with van der Waals surface area (Å²) in [5, 5.41) is 0.380. The van der Waals surface area contributed by atoms with Crippen molar-refractivity contribution in [2.24, 2.45) is 0 Å². The molecule has 1 aromatic carbocycles. The largest absolute Gasteiger partial charge is 0.497 e. The zero-order chi connectivity index (χ0) is 13.0. The van der Waals surface area contributed by atoms with E-state index < -0.39 is 0 Å². The Kier molecular flexibility index (Phi) is 3.95. The van der Waals surface area contributed by atoms with Crippen molar-refractivity contribution in [1.29, 1.82) is 0 Å². The predicted molar refractivity (Wildman–Crippen MR) is 70.3 cm³/mol. The fraction of sp³-hybridized carbons (Fsp3) is 0.143. The van der Waals surface area contributed by atoms with Gasteiger partial charge in [-0.3, -0.25) is 9.78 Å². The van der Waals surface area contributed by atoms with Gasteiger partial charge < -0.3 is 4.74 Å². The van der Waals surface area contributed by atoms with Crippen LogP contribution in [0, 0.1) is 0 Å². The molecule has 3 nitrogen and oxygen atoms in total. The van der Waals surface area contributed by atoms with Gasteiger partial charge in [0.15, 0.2) is 5.78 Å². The number of halogens is 1. The van der Waals surface area contributed by atoms with E-state index in [1.807, 2.05) is 24.3 Å². The van der Waals surface area contributed by atoms with Crippen molar-refractivity contribution in [3.63, 3.8) is 0 Å². The highest BCUT2D eigenvalue weighted by atomic mass is 35.5. The fourth-order valence-corrected chi connectivity index (χ4v) is 1.89. The molecule has 0 bridgehead atoms. The van der Waals surface area contributed by atoms with Crippen molar-refractivity contribution in [3.05, 3.63) is 58.9 Å². The molecular formula is C14H12ClNO2. The van der Waals surface area contributed by atoms with Crippen LogP contribution in [0.25, 0.3) is 0 Å². The fourth-order valence-electron chi connectivity index (χ4n) is 1.66. The maximum Gasteiger partial charge on any atom is 0.168 e. The van der Waals surface area contributed by atoms with E-state index >= 15 is 0 Å². The molecular weight excluding hydrogens is 250 g/mol. The third kappa shape index (κ3) is 2.87. The lowest BCUT2D eigenvalue weighted by atomic mass is 10.0. The third-order valence-electron chi connectivity index (χ3n) is 2.57. The van der Waals surface area contributed by atoms with Gasteiger partial charge in [-0.15, -0.1) is 0 Å². The number of carbonyl (C=O) groups is 1. The molecule has 1 heterocycles. The van der Waals surface area contributed by atoms with Crippen LogP contribution in [0.2, 0.25) is 5.02 Å². The van der Waals surface area contributed by atoms with Gasteiger partial charge in [0, 0.05) is 24.4 Å². The molecule has 4 heteroatoms. The molecule has 0 N–H and O–H groups in total. The Balaban J connectivity index is 2.19. The Hall–Kier alpha value is -1.87. The van der Waals surface area contributed by atoms with E-state index in [0.717, 1.165) is 11.3 Å². The summed E-state index contributed by atoms with van der Waals surface area (Å²) in [6, 6.07) is 9.05. The van der Waals surface area contributed by atoms with Gasteiger partial charge in [-0.2, -0.15) is 0 Å². The van der Waals surface area contributed by atoms with Crippen LogP contribution in [0.3, 0.4) is 0 Å². The Labute approximate surface area is 110 Å². The number of methoxy groups -OCH3 is 1. The summed E-state index contributed by atoms with van der Waals surface area (Å²) < 4.78 is 5.12. The molecule has 0 aliphatic rings. The zero-order valence-electron chi connectivity index (χ0n) is 9.89. The van der Waals surface area contributed by atoms with E-state index in [0.29, 0.717) is 17.0 Å². The maximum absolute atomic E-state index is 12.1. The van der Waals surface area contributed by atoms with Gasteiger partial charge in [0.05, 0.1) is 12.1 Å². The van der Waals surface area contributed by atoms with E-state index in [1.165, 1.54) is 6.20 Å². The van der Waals surface area contributed by atoms with Crippen molar-refractivity contribution < 1.29 is 9.53 Å². The first kappa shape index (κ1) is 12.6. The summed E-state index contributed by atoms with van der Waals surface area (Å²) in [7, 11) is 1.60. The second-order valence-corrected chi connectivity index (χ2v) is 4.21. The predicted octanol–water partition coefficient (Wildman–Crippen LogP) is 3.17. The number of pyridine rings is 1. The maximum atomic E-state index is 12.1. The number of hydrogen-bond acceptors (Lipinski definition) is 3. The van der Waals surface area contributed by atoms with E-state index in [4.69, 9.17) is 16.3 Å². The third-order valence-corrected chi connectivity index (χ3v) is 2.87. The number of Topliss-reactive ketones (excluding diaryl/α,β-unsaturated/α-hetero) is 1. The lowest BCUT2D eigenvalue weighted by Gasteiger charge is -2.05. The second-order valence-electron chi connectivity index (χ2n) is 3.81. The molecule has 0 spiro atoms. The summed E-state index contributed by atoms with van der Waals surface area (Å²) in [4.78, 5) is 15.9. The SMILES string of the molecule is COc1cccc(CC(=O)c2ccncc2Cl)c1. The number of benzene rings is 1. The first-order valence-corrected chi connectivity index (χ1v) is 5.84. The van der Waals surface area contributed by atoms with Crippen LogP contribution in [0.4, 0.5) is 0 Å². The second kappa shape index (κ2) is 5.65. The summed E-state index contributed by atoms with van der Waals surface area (Å²) >= 11 is 5.94. The Morgan fingerprint density at radius 3 is 2.94 bits per heavy atom. The summed E-state index contributed by atoms with van der Waals surface area (Å²) in [5.41, 5.74) is 1.39. The van der Waals surface area contributed by atoms with Gasteiger partial charge >= 0.3 is 0 Å². The molecule has 2 aromatic rings. The van der Waals surface area contributed by atoms with Crippen LogP contribution in [0.15, 0.2) is 42.7 Å². The van der Waals surface area contributed by atoms with E-state index in [2.05, 4.69) is 4.98 Å². The molecule has 0 unspecified atom stereocenters. The first-order chi connectivity index (χ1) is 8.70. The number of rotatable bonds is 4. The normalized spacial score (nSPS) is 10.1. The highest BCUT2D eigenvalue weighted by Gasteiger charge is 2.11. The highest BCUT2D eigenvalue weighted by molar-refractivity contribution is 6.33. The molecule has 18 heavy (non-hydrogen) atoms. The van der Waals surface area contributed by atoms with Crippen LogP contribution in [0.5, 0.6) is 5.75 Å². The van der Waals surface area contributed by atoms with Crippen LogP contribution >= 0.6 is 11.6 Å². The van der Waals surface area contributed by atoms with E-state index in [9.17, 15) is 4.79 Å². The lowest BCUT2D eigenvalue weighted by molar-refractivity contribution is 0.0993. The van der Waals surface area contributed by atoms with E-state index in [-0.39, 0.29) is 5.78 Å². The Bertz CT molecular complexity index is 569. The summed E-state index contributed by atoms with van der Waals surface area (Å²) in [6.45, 7) is 0. The average molecular weight is 262 g/mol. The molecule has 0 radical (unpaired) electrons. The van der Waals surface area contributed by atoms with Gasteiger partial charge in [0.2, 0.25) is 0 Å². The van der Waals surface area contributed by atoms with Gasteiger partial charge in [-0.25, -0.2) is 0 Å². The molecule has 0 atom stereocenters. The van der Waals surface area contributed by atoms with Crippen molar-refractivity contribution >= 4 is 17.4 Å². The van der Waals surface area contributed by atoms with Gasteiger partial charge in [0.1, 0.15) is 5.75 Å². The summed E-state index contributed by atoms with van der Waals surface area (Å²) in [5.74, 6) is 0.705. The summed E-state index contributed by atoms with van der Waals surface area (Å²) in [6.07, 6.45) is 3.33. The number of carbonyl (C=O) groups excluding carboxylic acids is 1. The minimum absolute atomic E-state index is 0.0318. The molecule has 0 saturated heterocycles. The van der Waals surface area contributed by atoms with Crippen molar-refractivity contribution in [2.75, 3.05) is 7.11 Å². The monoisotopic (exact) mass is 261 g/mol. The quantitative estimate of drug-likeness (QED) is 0.794. The van der Waals surface area contributed by atoms with Crippen LogP contribution in [-0.2, 0) is 6.42 Å². The molecule has 1 aromatic heterocycles.